The Labute approximate surface area is 120 Å². The number of amides is 1. The standard InChI is InChI=1S/C12H17BN2O3.C2H6/c1-11(2)12(3,4)18-13(17-11)9-5-7-8(15-9)6-14-10(7)16;1-2/h5,15H,6H2,1-4H3,(H,14,16);1-2H3. The van der Waals surface area contributed by atoms with Gasteiger partial charge in [-0.15, -0.1) is 0 Å². The molecule has 6 heteroatoms. The zero-order valence-corrected chi connectivity index (χ0v) is 13.1. The third-order valence-electron chi connectivity index (χ3n) is 4.10. The molecule has 20 heavy (non-hydrogen) atoms. The van der Waals surface area contributed by atoms with E-state index in [1.54, 1.807) is 0 Å². The van der Waals surface area contributed by atoms with Gasteiger partial charge in [-0.1, -0.05) is 13.8 Å². The molecule has 0 bridgehead atoms. The Bertz CT molecular complexity index is 506. The van der Waals surface area contributed by atoms with Crippen LogP contribution in [0.15, 0.2) is 6.07 Å². The number of rotatable bonds is 1. The fraction of sp³-hybridized carbons (Fsp3) is 0.643. The fourth-order valence-corrected chi connectivity index (χ4v) is 2.22. The van der Waals surface area contributed by atoms with E-state index in [4.69, 9.17) is 9.31 Å². The predicted molar refractivity (Wildman–Crippen MR) is 79.0 cm³/mol. The van der Waals surface area contributed by atoms with Gasteiger partial charge in [0.2, 0.25) is 0 Å². The monoisotopic (exact) mass is 278 g/mol. The Morgan fingerprint density at radius 3 is 2.20 bits per heavy atom. The van der Waals surface area contributed by atoms with Gasteiger partial charge in [0.05, 0.1) is 23.3 Å². The first-order valence-electron chi connectivity index (χ1n) is 7.16. The lowest BCUT2D eigenvalue weighted by Crippen LogP contribution is -2.41. The van der Waals surface area contributed by atoms with Gasteiger partial charge in [-0.05, 0) is 33.8 Å². The second kappa shape index (κ2) is 4.93. The highest BCUT2D eigenvalue weighted by Crippen LogP contribution is 2.36. The summed E-state index contributed by atoms with van der Waals surface area (Å²) in [7, 11) is -0.437. The van der Waals surface area contributed by atoms with Gasteiger partial charge in [0, 0.05) is 11.3 Å². The van der Waals surface area contributed by atoms with Crippen molar-refractivity contribution in [3.8, 4) is 0 Å². The number of nitrogens with one attached hydrogen (secondary N) is 2. The summed E-state index contributed by atoms with van der Waals surface area (Å²) >= 11 is 0. The van der Waals surface area contributed by atoms with Gasteiger partial charge < -0.3 is 19.6 Å². The van der Waals surface area contributed by atoms with Crippen LogP contribution in [0.25, 0.3) is 0 Å². The van der Waals surface area contributed by atoms with Crippen LogP contribution in [0, 0.1) is 0 Å². The van der Waals surface area contributed by atoms with Gasteiger partial charge in [0.25, 0.3) is 5.91 Å². The SMILES string of the molecule is CC.CC1(C)OB(c2cc3c([nH]2)CNC3=O)OC1(C)C. The Morgan fingerprint density at radius 2 is 1.70 bits per heavy atom. The molecule has 3 rings (SSSR count). The van der Waals surface area contributed by atoms with E-state index >= 15 is 0 Å². The van der Waals surface area contributed by atoms with Crippen LogP contribution in [0.3, 0.4) is 0 Å². The van der Waals surface area contributed by atoms with Crippen molar-refractivity contribution in [1.82, 2.24) is 10.3 Å². The van der Waals surface area contributed by atoms with Crippen molar-refractivity contribution in [1.29, 1.82) is 0 Å². The minimum absolute atomic E-state index is 0.0379. The van der Waals surface area contributed by atoms with Gasteiger partial charge in [0.15, 0.2) is 0 Å². The molecule has 1 aromatic rings. The Morgan fingerprint density at radius 1 is 1.15 bits per heavy atom. The number of carbonyl (C=O) groups is 1. The van der Waals surface area contributed by atoms with Crippen LogP contribution in [0.4, 0.5) is 0 Å². The summed E-state index contributed by atoms with van der Waals surface area (Å²) in [6.45, 7) is 12.6. The van der Waals surface area contributed by atoms with E-state index in [1.165, 1.54) is 0 Å². The summed E-state index contributed by atoms with van der Waals surface area (Å²) in [5.74, 6) is -0.0379. The van der Waals surface area contributed by atoms with E-state index in [0.717, 1.165) is 11.3 Å². The minimum atomic E-state index is -0.437. The number of carbonyl (C=O) groups excluding carboxylic acids is 1. The van der Waals surface area contributed by atoms with Crippen molar-refractivity contribution in [2.24, 2.45) is 0 Å². The molecule has 0 aromatic carbocycles. The molecule has 2 N–H and O–H groups in total. The lowest BCUT2D eigenvalue weighted by Gasteiger charge is -2.32. The van der Waals surface area contributed by atoms with E-state index < -0.39 is 7.12 Å². The molecule has 0 saturated carbocycles. The smallest absolute Gasteiger partial charge is 0.398 e. The van der Waals surface area contributed by atoms with Gasteiger partial charge >= 0.3 is 7.12 Å². The van der Waals surface area contributed by atoms with Crippen LogP contribution in [0.5, 0.6) is 0 Å². The minimum Gasteiger partial charge on any atom is -0.398 e. The third-order valence-corrected chi connectivity index (χ3v) is 4.10. The molecule has 1 saturated heterocycles. The summed E-state index contributed by atoms with van der Waals surface area (Å²) in [5.41, 5.74) is 1.68. The average molecular weight is 278 g/mol. The van der Waals surface area contributed by atoms with E-state index in [0.29, 0.717) is 12.1 Å². The summed E-state index contributed by atoms with van der Waals surface area (Å²) in [6.07, 6.45) is 0. The van der Waals surface area contributed by atoms with Crippen LogP contribution in [0.1, 0.15) is 57.6 Å². The third kappa shape index (κ3) is 2.27. The first kappa shape index (κ1) is 15.1. The summed E-state index contributed by atoms with van der Waals surface area (Å²) in [5, 5.41) is 2.76. The van der Waals surface area contributed by atoms with Crippen molar-refractivity contribution in [2.75, 3.05) is 0 Å². The normalized spacial score (nSPS) is 22.1. The lowest BCUT2D eigenvalue weighted by molar-refractivity contribution is 0.00578. The van der Waals surface area contributed by atoms with E-state index in [9.17, 15) is 4.79 Å². The van der Waals surface area contributed by atoms with Crippen LogP contribution in [-0.4, -0.2) is 29.2 Å². The molecule has 0 atom stereocenters. The van der Waals surface area contributed by atoms with Crippen molar-refractivity contribution in [3.05, 3.63) is 17.3 Å². The summed E-state index contributed by atoms with van der Waals surface area (Å²) in [6, 6.07) is 1.82. The Kier molecular flexibility index (Phi) is 3.73. The fourth-order valence-electron chi connectivity index (χ4n) is 2.22. The largest absolute Gasteiger partial charge is 0.512 e. The highest BCUT2D eigenvalue weighted by atomic mass is 16.7. The number of aromatic amines is 1. The van der Waals surface area contributed by atoms with E-state index in [2.05, 4.69) is 10.3 Å². The summed E-state index contributed by atoms with van der Waals surface area (Å²) < 4.78 is 11.9. The maximum Gasteiger partial charge on any atom is 0.512 e. The first-order chi connectivity index (χ1) is 9.30. The van der Waals surface area contributed by atoms with E-state index in [-0.39, 0.29) is 17.1 Å². The second-order valence-electron chi connectivity index (χ2n) is 5.89. The number of aromatic nitrogens is 1. The summed E-state index contributed by atoms with van der Waals surface area (Å²) in [4.78, 5) is 14.7. The average Bonchev–Trinajstić information content (AvgIpc) is 2.98. The topological polar surface area (TPSA) is 63.3 Å². The van der Waals surface area contributed by atoms with Crippen LogP contribution in [-0.2, 0) is 15.9 Å². The molecule has 0 spiro atoms. The molecule has 1 fully saturated rings. The van der Waals surface area contributed by atoms with Crippen LogP contribution < -0.4 is 10.9 Å². The molecule has 1 aromatic heterocycles. The molecule has 2 aliphatic heterocycles. The highest BCUT2D eigenvalue weighted by molar-refractivity contribution is 6.61. The van der Waals surface area contributed by atoms with Crippen LogP contribution >= 0.6 is 0 Å². The number of hydrogen-bond acceptors (Lipinski definition) is 3. The maximum atomic E-state index is 11.5. The van der Waals surface area contributed by atoms with Crippen molar-refractivity contribution in [2.45, 2.75) is 59.3 Å². The molecular formula is C14H23BN2O3. The molecule has 0 aliphatic carbocycles. The second-order valence-corrected chi connectivity index (χ2v) is 5.89. The van der Waals surface area contributed by atoms with Gasteiger partial charge in [0.1, 0.15) is 0 Å². The number of H-pyrrole nitrogens is 1. The molecule has 110 valence electrons. The molecule has 0 radical (unpaired) electrons. The van der Waals surface area contributed by atoms with Crippen molar-refractivity contribution >= 4 is 18.6 Å². The Hall–Kier alpha value is -1.27. The maximum absolute atomic E-state index is 11.5. The molecule has 5 nitrogen and oxygen atoms in total. The Balaban J connectivity index is 0.000000704. The molecule has 0 unspecified atom stereocenters. The molecular weight excluding hydrogens is 255 g/mol. The van der Waals surface area contributed by atoms with Gasteiger partial charge in [-0.3, -0.25) is 4.79 Å². The zero-order valence-electron chi connectivity index (χ0n) is 13.1. The number of fused-ring (bicyclic) bond motifs is 1. The lowest BCUT2D eigenvalue weighted by atomic mass is 9.85. The van der Waals surface area contributed by atoms with Gasteiger partial charge in [-0.2, -0.15) is 0 Å². The predicted octanol–water partition coefficient (Wildman–Crippen LogP) is 1.58. The first-order valence-corrected chi connectivity index (χ1v) is 7.16. The zero-order chi connectivity index (χ0) is 15.1. The van der Waals surface area contributed by atoms with Crippen LogP contribution in [0.2, 0.25) is 0 Å². The van der Waals surface area contributed by atoms with Crippen molar-refractivity contribution in [3.63, 3.8) is 0 Å². The molecule has 1 amide bonds. The quantitative estimate of drug-likeness (QED) is 0.767. The number of hydrogen-bond donors (Lipinski definition) is 2. The molecule has 3 heterocycles. The van der Waals surface area contributed by atoms with Crippen molar-refractivity contribution < 1.29 is 14.1 Å². The van der Waals surface area contributed by atoms with Gasteiger partial charge in [-0.25, -0.2) is 0 Å². The van der Waals surface area contributed by atoms with E-state index in [1.807, 2.05) is 47.6 Å². The molecule has 2 aliphatic rings. The highest BCUT2D eigenvalue weighted by Gasteiger charge is 2.52.